The van der Waals surface area contributed by atoms with Crippen molar-refractivity contribution in [1.82, 2.24) is 9.80 Å². The van der Waals surface area contributed by atoms with E-state index in [1.807, 2.05) is 43.9 Å². The molecule has 2 aliphatic rings. The highest BCUT2D eigenvalue weighted by Gasteiger charge is 2.49. The molecule has 2 fully saturated rings. The second-order valence-electron chi connectivity index (χ2n) is 8.56. The van der Waals surface area contributed by atoms with Gasteiger partial charge in [0.15, 0.2) is 0 Å². The van der Waals surface area contributed by atoms with Crippen molar-refractivity contribution in [2.45, 2.75) is 70.7 Å². The van der Waals surface area contributed by atoms with Gasteiger partial charge in [0.25, 0.3) is 0 Å². The summed E-state index contributed by atoms with van der Waals surface area (Å²) < 4.78 is 5.68. The molecule has 1 amide bonds. The predicted octanol–water partition coefficient (Wildman–Crippen LogP) is 4.22. The van der Waals surface area contributed by atoms with E-state index >= 15 is 0 Å². The molecule has 0 spiro atoms. The number of benzene rings is 1. The topological polar surface area (TPSA) is 32.8 Å². The van der Waals surface area contributed by atoms with Crippen molar-refractivity contribution in [3.63, 3.8) is 0 Å². The average Bonchev–Trinajstić information content (AvgIpc) is 3.24. The second kappa shape index (κ2) is 6.07. The fourth-order valence-corrected chi connectivity index (χ4v) is 3.68. The van der Waals surface area contributed by atoms with E-state index in [9.17, 15) is 4.79 Å². The van der Waals surface area contributed by atoms with Crippen LogP contribution in [0.3, 0.4) is 0 Å². The first-order valence-electron chi connectivity index (χ1n) is 9.01. The van der Waals surface area contributed by atoms with Crippen LogP contribution < -0.4 is 0 Å². The Bertz CT molecular complexity index is 589. The Balaban J connectivity index is 1.86. The third kappa shape index (κ3) is 3.59. The monoisotopic (exact) mass is 330 g/mol. The summed E-state index contributed by atoms with van der Waals surface area (Å²) in [5.74, 6) is 0. The minimum Gasteiger partial charge on any atom is -0.444 e. The summed E-state index contributed by atoms with van der Waals surface area (Å²) in [7, 11) is 0. The third-order valence-corrected chi connectivity index (χ3v) is 5.22. The van der Waals surface area contributed by atoms with Crippen LogP contribution in [0, 0.1) is 0 Å². The summed E-state index contributed by atoms with van der Waals surface area (Å²) in [4.78, 5) is 17.3. The number of carbonyl (C=O) groups excluding carboxylic acids is 1. The highest BCUT2D eigenvalue weighted by atomic mass is 16.6. The second-order valence-corrected chi connectivity index (χ2v) is 8.56. The van der Waals surface area contributed by atoms with Crippen molar-refractivity contribution in [2.75, 3.05) is 13.1 Å². The molecule has 0 aromatic heterocycles. The van der Waals surface area contributed by atoms with Gasteiger partial charge in [0.05, 0.1) is 6.04 Å². The van der Waals surface area contributed by atoms with Crippen molar-refractivity contribution in [2.24, 2.45) is 0 Å². The molecule has 0 N–H and O–H groups in total. The lowest BCUT2D eigenvalue weighted by molar-refractivity contribution is -0.0262. The first-order chi connectivity index (χ1) is 11.2. The Morgan fingerprint density at radius 2 is 1.79 bits per heavy atom. The number of hydrogen-bond acceptors (Lipinski definition) is 3. The zero-order valence-electron chi connectivity index (χ0n) is 15.6. The molecule has 1 aliphatic heterocycles. The van der Waals surface area contributed by atoms with Gasteiger partial charge >= 0.3 is 6.09 Å². The Labute approximate surface area is 145 Å². The van der Waals surface area contributed by atoms with E-state index in [0.717, 1.165) is 6.54 Å². The quantitative estimate of drug-likeness (QED) is 0.814. The predicted molar refractivity (Wildman–Crippen MR) is 95.9 cm³/mol. The number of rotatable bonds is 2. The molecule has 1 aromatic carbocycles. The van der Waals surface area contributed by atoms with Crippen LogP contribution in [0.4, 0.5) is 4.79 Å². The van der Waals surface area contributed by atoms with Gasteiger partial charge in [-0.25, -0.2) is 4.79 Å². The van der Waals surface area contributed by atoms with E-state index in [4.69, 9.17) is 4.74 Å². The first-order valence-corrected chi connectivity index (χ1v) is 9.01. The summed E-state index contributed by atoms with van der Waals surface area (Å²) >= 11 is 0. The largest absolute Gasteiger partial charge is 0.444 e. The summed E-state index contributed by atoms with van der Waals surface area (Å²) in [5, 5.41) is 0. The van der Waals surface area contributed by atoms with E-state index < -0.39 is 5.60 Å². The van der Waals surface area contributed by atoms with E-state index in [1.165, 1.54) is 18.4 Å². The molecule has 1 aliphatic carbocycles. The number of hydrogen-bond donors (Lipinski definition) is 0. The fourth-order valence-electron chi connectivity index (χ4n) is 3.68. The van der Waals surface area contributed by atoms with Crippen molar-refractivity contribution >= 4 is 6.09 Å². The Kier molecular flexibility index (Phi) is 4.37. The molecule has 0 bridgehead atoms. The average molecular weight is 330 g/mol. The molecule has 0 unspecified atom stereocenters. The molecule has 1 saturated carbocycles. The lowest BCUT2D eigenvalue weighted by Crippen LogP contribution is -2.58. The van der Waals surface area contributed by atoms with E-state index in [2.05, 4.69) is 30.9 Å². The number of amides is 1. The normalized spacial score (nSPS) is 27.0. The summed E-state index contributed by atoms with van der Waals surface area (Å²) in [6.07, 6.45) is 2.31. The summed E-state index contributed by atoms with van der Waals surface area (Å²) in [6, 6.07) is 10.7. The van der Waals surface area contributed by atoms with Crippen molar-refractivity contribution in [1.29, 1.82) is 0 Å². The number of nitrogens with zero attached hydrogens (tertiary/aromatic N) is 2. The zero-order valence-corrected chi connectivity index (χ0v) is 15.6. The SMILES string of the molecule is C[C@@H]1CN(C(=O)OC(C)(C)C)[C@@H](c2ccccc2)CN1C1(C)CC1. The third-order valence-electron chi connectivity index (χ3n) is 5.22. The molecular weight excluding hydrogens is 300 g/mol. The highest BCUT2D eigenvalue weighted by Crippen LogP contribution is 2.45. The van der Waals surface area contributed by atoms with Gasteiger partial charge in [-0.3, -0.25) is 9.80 Å². The molecule has 1 saturated heterocycles. The van der Waals surface area contributed by atoms with E-state index in [1.54, 1.807) is 0 Å². The van der Waals surface area contributed by atoms with Gasteiger partial charge in [-0.15, -0.1) is 0 Å². The number of ether oxygens (including phenoxy) is 1. The lowest BCUT2D eigenvalue weighted by Gasteiger charge is -2.48. The maximum absolute atomic E-state index is 12.8. The van der Waals surface area contributed by atoms with Gasteiger partial charge in [0.1, 0.15) is 5.60 Å². The lowest BCUT2D eigenvalue weighted by atomic mass is 9.98. The molecule has 0 radical (unpaired) electrons. The van der Waals surface area contributed by atoms with Gasteiger partial charge in [0, 0.05) is 24.7 Å². The summed E-state index contributed by atoms with van der Waals surface area (Å²) in [6.45, 7) is 11.9. The molecule has 132 valence electrons. The number of carbonyl (C=O) groups is 1. The molecule has 3 rings (SSSR count). The van der Waals surface area contributed by atoms with Crippen molar-refractivity contribution < 1.29 is 9.53 Å². The number of piperazine rings is 1. The van der Waals surface area contributed by atoms with Crippen LogP contribution in [0.25, 0.3) is 0 Å². The highest BCUT2D eigenvalue weighted by molar-refractivity contribution is 5.69. The maximum Gasteiger partial charge on any atom is 0.410 e. The zero-order chi connectivity index (χ0) is 17.5. The molecule has 4 nitrogen and oxygen atoms in total. The van der Waals surface area contributed by atoms with E-state index in [-0.39, 0.29) is 12.1 Å². The van der Waals surface area contributed by atoms with Crippen LogP contribution in [0.15, 0.2) is 30.3 Å². The van der Waals surface area contributed by atoms with Crippen LogP contribution in [0.5, 0.6) is 0 Å². The molecule has 24 heavy (non-hydrogen) atoms. The molecule has 1 aromatic rings. The van der Waals surface area contributed by atoms with Crippen molar-refractivity contribution in [3.8, 4) is 0 Å². The Hall–Kier alpha value is -1.55. The van der Waals surface area contributed by atoms with Crippen LogP contribution in [0.1, 0.15) is 59.1 Å². The van der Waals surface area contributed by atoms with Crippen molar-refractivity contribution in [3.05, 3.63) is 35.9 Å². The van der Waals surface area contributed by atoms with Crippen LogP contribution in [-0.4, -0.2) is 46.2 Å². The van der Waals surface area contributed by atoms with Gasteiger partial charge in [-0.2, -0.15) is 0 Å². The minimum absolute atomic E-state index is 0.0506. The van der Waals surface area contributed by atoms with E-state index in [0.29, 0.717) is 18.1 Å². The standard InChI is InChI=1S/C20H30N2O2/c1-15-13-21(18(23)24-19(2,3)4)17(16-9-7-6-8-10-16)14-22(15)20(5)11-12-20/h6-10,15,17H,11-14H2,1-5H3/t15-,17-/m1/s1. The molecule has 4 heteroatoms. The van der Waals surface area contributed by atoms with Gasteiger partial charge in [0.2, 0.25) is 0 Å². The Morgan fingerprint density at radius 1 is 1.17 bits per heavy atom. The fraction of sp³-hybridized carbons (Fsp3) is 0.650. The summed E-state index contributed by atoms with van der Waals surface area (Å²) in [5.41, 5.74) is 1.03. The molecular formula is C20H30N2O2. The van der Waals surface area contributed by atoms with Crippen LogP contribution in [0.2, 0.25) is 0 Å². The smallest absolute Gasteiger partial charge is 0.410 e. The van der Waals surface area contributed by atoms with Crippen LogP contribution in [-0.2, 0) is 4.74 Å². The van der Waals surface area contributed by atoms with Gasteiger partial charge in [-0.05, 0) is 53.0 Å². The minimum atomic E-state index is -0.471. The van der Waals surface area contributed by atoms with Gasteiger partial charge in [-0.1, -0.05) is 30.3 Å². The molecule has 1 heterocycles. The maximum atomic E-state index is 12.8. The van der Waals surface area contributed by atoms with Gasteiger partial charge < -0.3 is 4.74 Å². The van der Waals surface area contributed by atoms with Crippen LogP contribution >= 0.6 is 0 Å². The first kappa shape index (κ1) is 17.3. The Morgan fingerprint density at radius 3 is 2.33 bits per heavy atom. The molecule has 2 atom stereocenters.